The number of Topliss-reactive ketones (excluding diaryl/α,β-unsaturated/α-hetero) is 1. The number of alkyl halides is 1. The van der Waals surface area contributed by atoms with Crippen LogP contribution in [0.15, 0.2) is 18.2 Å². The molecule has 14 heavy (non-hydrogen) atoms. The van der Waals surface area contributed by atoms with E-state index in [1.54, 1.807) is 0 Å². The largest absolute Gasteiger partial charge is 0.398 e. The van der Waals surface area contributed by atoms with Crippen molar-refractivity contribution >= 4 is 27.4 Å². The maximum Gasteiger partial charge on any atom is 0.165 e. The van der Waals surface area contributed by atoms with E-state index in [-0.39, 0.29) is 5.78 Å². The van der Waals surface area contributed by atoms with E-state index in [4.69, 9.17) is 5.73 Å². The minimum Gasteiger partial charge on any atom is -0.398 e. The summed E-state index contributed by atoms with van der Waals surface area (Å²) in [5.74, 6) is 0.0991. The molecule has 0 spiro atoms. The molecule has 0 aliphatic heterocycles. The average Bonchev–Trinajstić information content (AvgIpc) is 2.17. The van der Waals surface area contributed by atoms with Crippen molar-refractivity contribution in [3.8, 4) is 0 Å². The first-order chi connectivity index (χ1) is 6.69. The molecular weight excluding hydrogens is 242 g/mol. The highest BCUT2D eigenvalue weighted by Crippen LogP contribution is 2.16. The van der Waals surface area contributed by atoms with E-state index in [9.17, 15) is 4.79 Å². The number of hydrogen-bond donors (Lipinski definition) is 1. The number of benzene rings is 1. The number of halogens is 1. The number of carbonyl (C=O) groups excluding carboxylic acids is 1. The fraction of sp³-hybridized carbons (Fsp3) is 0.364. The maximum atomic E-state index is 11.6. The molecule has 0 fully saturated rings. The maximum absolute atomic E-state index is 11.6. The third kappa shape index (κ3) is 2.58. The zero-order chi connectivity index (χ0) is 10.6. The molecule has 3 heteroatoms. The molecule has 0 amide bonds. The molecule has 1 aromatic rings. The lowest BCUT2D eigenvalue weighted by Crippen LogP contribution is -2.04. The first kappa shape index (κ1) is 11.2. The second-order valence-corrected chi connectivity index (χ2v) is 3.93. The van der Waals surface area contributed by atoms with Gasteiger partial charge < -0.3 is 5.73 Å². The SMILES string of the molecule is CCc1ccc(C(=O)CCBr)c(N)c1. The Hall–Kier alpha value is -0.830. The van der Waals surface area contributed by atoms with Gasteiger partial charge >= 0.3 is 0 Å². The molecule has 76 valence electrons. The number of ketones is 1. The van der Waals surface area contributed by atoms with Crippen LogP contribution >= 0.6 is 15.9 Å². The van der Waals surface area contributed by atoms with Gasteiger partial charge in [-0.05, 0) is 24.1 Å². The van der Waals surface area contributed by atoms with E-state index >= 15 is 0 Å². The van der Waals surface area contributed by atoms with Crippen molar-refractivity contribution in [3.63, 3.8) is 0 Å². The molecule has 0 heterocycles. The van der Waals surface area contributed by atoms with Crippen LogP contribution in [0.4, 0.5) is 5.69 Å². The number of aryl methyl sites for hydroxylation is 1. The van der Waals surface area contributed by atoms with Gasteiger partial charge in [0.1, 0.15) is 0 Å². The quantitative estimate of drug-likeness (QED) is 0.511. The highest BCUT2D eigenvalue weighted by molar-refractivity contribution is 9.09. The van der Waals surface area contributed by atoms with Crippen molar-refractivity contribution in [3.05, 3.63) is 29.3 Å². The first-order valence-corrected chi connectivity index (χ1v) is 5.78. The normalized spacial score (nSPS) is 10.1. The van der Waals surface area contributed by atoms with Crippen molar-refractivity contribution < 1.29 is 4.79 Å². The van der Waals surface area contributed by atoms with Crippen LogP contribution in [-0.2, 0) is 6.42 Å². The number of nitrogens with two attached hydrogens (primary N) is 1. The molecule has 1 aromatic carbocycles. The summed E-state index contributed by atoms with van der Waals surface area (Å²) in [6, 6.07) is 5.65. The topological polar surface area (TPSA) is 43.1 Å². The van der Waals surface area contributed by atoms with Crippen molar-refractivity contribution in [1.82, 2.24) is 0 Å². The number of rotatable bonds is 4. The number of carbonyl (C=O) groups is 1. The highest BCUT2D eigenvalue weighted by atomic mass is 79.9. The zero-order valence-electron chi connectivity index (χ0n) is 8.22. The fourth-order valence-electron chi connectivity index (χ4n) is 1.31. The standard InChI is InChI=1S/C11H14BrNO/c1-2-8-3-4-9(10(13)7-8)11(14)5-6-12/h3-4,7H,2,5-6,13H2,1H3. The van der Waals surface area contributed by atoms with E-state index < -0.39 is 0 Å². The third-order valence-electron chi connectivity index (χ3n) is 2.15. The van der Waals surface area contributed by atoms with Crippen LogP contribution < -0.4 is 5.73 Å². The Bertz CT molecular complexity index is 336. The molecule has 0 aliphatic carbocycles. The molecule has 0 aromatic heterocycles. The lowest BCUT2D eigenvalue weighted by molar-refractivity contribution is 0.0990. The van der Waals surface area contributed by atoms with Crippen molar-refractivity contribution in [1.29, 1.82) is 0 Å². The van der Waals surface area contributed by atoms with Gasteiger partial charge in [-0.25, -0.2) is 0 Å². The smallest absolute Gasteiger partial charge is 0.165 e. The van der Waals surface area contributed by atoms with Crippen LogP contribution in [-0.4, -0.2) is 11.1 Å². The summed E-state index contributed by atoms with van der Waals surface area (Å²) in [6.45, 7) is 2.06. The van der Waals surface area contributed by atoms with Crippen LogP contribution in [0.5, 0.6) is 0 Å². The minimum atomic E-state index is 0.0991. The minimum absolute atomic E-state index is 0.0991. The van der Waals surface area contributed by atoms with Crippen LogP contribution in [0.25, 0.3) is 0 Å². The molecule has 0 saturated heterocycles. The van der Waals surface area contributed by atoms with Gasteiger partial charge in [-0.3, -0.25) is 4.79 Å². The number of nitrogen functional groups attached to an aromatic ring is 1. The van der Waals surface area contributed by atoms with E-state index in [0.29, 0.717) is 23.0 Å². The summed E-state index contributed by atoms with van der Waals surface area (Å²) < 4.78 is 0. The summed E-state index contributed by atoms with van der Waals surface area (Å²) in [6.07, 6.45) is 1.44. The van der Waals surface area contributed by atoms with E-state index in [1.807, 2.05) is 18.2 Å². The Morgan fingerprint density at radius 2 is 2.21 bits per heavy atom. The van der Waals surface area contributed by atoms with E-state index in [0.717, 1.165) is 12.0 Å². The molecule has 0 bridgehead atoms. The van der Waals surface area contributed by atoms with Crippen molar-refractivity contribution in [2.75, 3.05) is 11.1 Å². The predicted molar refractivity (Wildman–Crippen MR) is 63.0 cm³/mol. The fourth-order valence-corrected chi connectivity index (χ4v) is 1.67. The molecule has 1 rings (SSSR count). The summed E-state index contributed by atoms with van der Waals surface area (Å²) in [5, 5.41) is 0.681. The van der Waals surface area contributed by atoms with Crippen LogP contribution in [0.3, 0.4) is 0 Å². The highest BCUT2D eigenvalue weighted by Gasteiger charge is 2.08. The second kappa shape index (κ2) is 5.15. The molecule has 2 nitrogen and oxygen atoms in total. The number of hydrogen-bond acceptors (Lipinski definition) is 2. The second-order valence-electron chi connectivity index (χ2n) is 3.14. The van der Waals surface area contributed by atoms with Gasteiger partial charge in [-0.1, -0.05) is 28.9 Å². The Kier molecular flexibility index (Phi) is 4.14. The Morgan fingerprint density at radius 1 is 1.50 bits per heavy atom. The zero-order valence-corrected chi connectivity index (χ0v) is 9.80. The predicted octanol–water partition coefficient (Wildman–Crippen LogP) is 2.80. The van der Waals surface area contributed by atoms with Crippen LogP contribution in [0.2, 0.25) is 0 Å². The molecule has 0 saturated carbocycles. The molecule has 2 N–H and O–H groups in total. The molecule has 0 unspecified atom stereocenters. The van der Waals surface area contributed by atoms with Gasteiger partial charge in [-0.15, -0.1) is 0 Å². The lowest BCUT2D eigenvalue weighted by atomic mass is 10.0. The summed E-state index contributed by atoms with van der Waals surface area (Å²) in [5.41, 5.74) is 8.19. The van der Waals surface area contributed by atoms with Crippen molar-refractivity contribution in [2.45, 2.75) is 19.8 Å². The van der Waals surface area contributed by atoms with Gasteiger partial charge in [-0.2, -0.15) is 0 Å². The van der Waals surface area contributed by atoms with Crippen molar-refractivity contribution in [2.24, 2.45) is 0 Å². The first-order valence-electron chi connectivity index (χ1n) is 4.66. The van der Waals surface area contributed by atoms with Gasteiger partial charge in [0.15, 0.2) is 5.78 Å². The van der Waals surface area contributed by atoms with E-state index in [2.05, 4.69) is 22.9 Å². The average molecular weight is 256 g/mol. The van der Waals surface area contributed by atoms with Gasteiger partial charge in [0.05, 0.1) is 0 Å². The third-order valence-corrected chi connectivity index (χ3v) is 2.54. The monoisotopic (exact) mass is 255 g/mol. The molecule has 0 atom stereocenters. The lowest BCUT2D eigenvalue weighted by Gasteiger charge is -2.05. The Balaban J connectivity index is 2.94. The van der Waals surface area contributed by atoms with Crippen LogP contribution in [0, 0.1) is 0 Å². The molecule has 0 radical (unpaired) electrons. The van der Waals surface area contributed by atoms with Gasteiger partial charge in [0.2, 0.25) is 0 Å². The summed E-state index contributed by atoms with van der Waals surface area (Å²) >= 11 is 3.24. The Labute approximate surface area is 92.6 Å². The number of anilines is 1. The molecular formula is C11H14BrNO. The molecule has 0 aliphatic rings. The van der Waals surface area contributed by atoms with Crippen LogP contribution in [0.1, 0.15) is 29.3 Å². The van der Waals surface area contributed by atoms with E-state index in [1.165, 1.54) is 0 Å². The van der Waals surface area contributed by atoms with Gasteiger partial charge in [0.25, 0.3) is 0 Å². The summed E-state index contributed by atoms with van der Waals surface area (Å²) in [4.78, 5) is 11.6. The van der Waals surface area contributed by atoms with Gasteiger partial charge in [0, 0.05) is 23.0 Å². The summed E-state index contributed by atoms with van der Waals surface area (Å²) in [7, 11) is 0. The Morgan fingerprint density at radius 3 is 2.71 bits per heavy atom.